The van der Waals surface area contributed by atoms with Crippen LogP contribution in [0.1, 0.15) is 50.9 Å². The average molecular weight is 506 g/mol. The van der Waals surface area contributed by atoms with Crippen LogP contribution in [0.25, 0.3) is 0 Å². The third-order valence-electron chi connectivity index (χ3n) is 6.17. The van der Waals surface area contributed by atoms with Gasteiger partial charge in [-0.2, -0.15) is 0 Å². The number of ether oxygens (including phenoxy) is 1. The Bertz CT molecular complexity index is 907. The first-order valence-corrected chi connectivity index (χ1v) is 12.6. The molecule has 0 radical (unpaired) electrons. The van der Waals surface area contributed by atoms with Crippen molar-refractivity contribution in [3.63, 3.8) is 0 Å². The first kappa shape index (κ1) is 29.4. The predicted molar refractivity (Wildman–Crippen MR) is 140 cm³/mol. The van der Waals surface area contributed by atoms with Crippen LogP contribution in [0.4, 0.5) is 10.5 Å². The molecule has 0 fully saturated rings. The van der Waals surface area contributed by atoms with Crippen LogP contribution in [0.2, 0.25) is 0 Å². The number of hydrogen-bond acceptors (Lipinski definition) is 6. The molecule has 0 saturated heterocycles. The zero-order valence-electron chi connectivity index (χ0n) is 22.7. The van der Waals surface area contributed by atoms with Crippen LogP contribution in [0.3, 0.4) is 0 Å². The van der Waals surface area contributed by atoms with Gasteiger partial charge in [-0.15, -0.1) is 0 Å². The Morgan fingerprint density at radius 2 is 1.92 bits per heavy atom. The van der Waals surface area contributed by atoms with Crippen molar-refractivity contribution in [2.45, 2.75) is 58.7 Å². The zero-order valence-corrected chi connectivity index (χ0v) is 22.7. The molecule has 10 heteroatoms. The molecule has 0 bridgehead atoms. The molecule has 1 aliphatic heterocycles. The molecule has 2 rings (SSSR count). The Kier molecular flexibility index (Phi) is 11.0. The maximum atomic E-state index is 13.5. The van der Waals surface area contributed by atoms with Crippen molar-refractivity contribution in [2.24, 2.45) is 5.92 Å². The van der Waals surface area contributed by atoms with Gasteiger partial charge in [0.05, 0.1) is 24.8 Å². The Balaban J connectivity index is 2.31. The number of nitrogens with one attached hydrogen (secondary N) is 2. The average Bonchev–Trinajstić information content (AvgIpc) is 2.80. The summed E-state index contributed by atoms with van der Waals surface area (Å²) in [4.78, 5) is 43.6. The number of fused-ring (bicyclic) bond motifs is 1. The van der Waals surface area contributed by atoms with E-state index in [4.69, 9.17) is 4.74 Å². The van der Waals surface area contributed by atoms with E-state index in [-0.39, 0.29) is 42.5 Å². The number of rotatable bonds is 10. The Hall–Kier alpha value is -2.85. The van der Waals surface area contributed by atoms with Gasteiger partial charge in [0.25, 0.3) is 5.91 Å². The topological polar surface area (TPSA) is 114 Å². The van der Waals surface area contributed by atoms with Crippen LogP contribution in [-0.2, 0) is 4.79 Å². The number of aliphatic hydroxyl groups is 1. The number of aliphatic hydroxyl groups excluding tert-OH is 1. The molecule has 1 aliphatic rings. The minimum absolute atomic E-state index is 0.00591. The van der Waals surface area contributed by atoms with Crippen molar-refractivity contribution in [1.82, 2.24) is 20.0 Å². The summed E-state index contributed by atoms with van der Waals surface area (Å²) in [5, 5.41) is 15.6. The van der Waals surface area contributed by atoms with E-state index in [1.165, 1.54) is 0 Å². The number of hydrogen-bond donors (Lipinski definition) is 3. The number of nitrogens with zero attached hydrogens (tertiary/aromatic N) is 3. The van der Waals surface area contributed by atoms with E-state index in [9.17, 15) is 19.5 Å². The van der Waals surface area contributed by atoms with Crippen LogP contribution < -0.4 is 15.4 Å². The number of carbonyl (C=O) groups is 3. The van der Waals surface area contributed by atoms with Crippen molar-refractivity contribution in [1.29, 1.82) is 0 Å². The fourth-order valence-corrected chi connectivity index (χ4v) is 4.01. The second-order valence-corrected chi connectivity index (χ2v) is 10.3. The van der Waals surface area contributed by atoms with Gasteiger partial charge >= 0.3 is 6.03 Å². The fraction of sp³-hybridized carbons (Fsp3) is 0.654. The van der Waals surface area contributed by atoms with Crippen LogP contribution in [0, 0.1) is 5.92 Å². The zero-order chi connectivity index (χ0) is 27.0. The van der Waals surface area contributed by atoms with E-state index in [0.717, 1.165) is 13.0 Å². The third kappa shape index (κ3) is 8.37. The summed E-state index contributed by atoms with van der Waals surface area (Å²) in [5.41, 5.74) is 0.823. The van der Waals surface area contributed by atoms with Crippen molar-refractivity contribution in [3.8, 4) is 5.75 Å². The van der Waals surface area contributed by atoms with E-state index in [0.29, 0.717) is 36.5 Å². The Labute approximate surface area is 214 Å². The third-order valence-corrected chi connectivity index (χ3v) is 6.17. The van der Waals surface area contributed by atoms with Gasteiger partial charge in [-0.05, 0) is 66.0 Å². The molecule has 3 atom stereocenters. The summed E-state index contributed by atoms with van der Waals surface area (Å²) in [6.45, 7) is 8.85. The smallest absolute Gasteiger partial charge is 0.317 e. The van der Waals surface area contributed by atoms with Crippen molar-refractivity contribution in [3.05, 3.63) is 23.8 Å². The highest BCUT2D eigenvalue weighted by Gasteiger charge is 2.34. The van der Waals surface area contributed by atoms with Crippen LogP contribution in [-0.4, -0.2) is 103 Å². The van der Waals surface area contributed by atoms with Crippen molar-refractivity contribution in [2.75, 3.05) is 52.7 Å². The molecule has 0 spiro atoms. The molecule has 0 unspecified atom stereocenters. The normalized spacial score (nSPS) is 18.7. The SMILES string of the molecule is CC(C)NC(=O)N(C)C[C@H]1Oc2ccc(NC(=O)CCCN(C)C)cc2C(=O)N([C@@H](C)CO)C[C@@H]1C. The number of urea groups is 1. The summed E-state index contributed by atoms with van der Waals surface area (Å²) in [6, 6.07) is 4.43. The largest absolute Gasteiger partial charge is 0.487 e. The van der Waals surface area contributed by atoms with Gasteiger partial charge in [0.1, 0.15) is 11.9 Å². The van der Waals surface area contributed by atoms with E-state index in [2.05, 4.69) is 10.6 Å². The molecular weight excluding hydrogens is 462 g/mol. The molecule has 36 heavy (non-hydrogen) atoms. The fourth-order valence-electron chi connectivity index (χ4n) is 4.01. The highest BCUT2D eigenvalue weighted by molar-refractivity contribution is 5.99. The summed E-state index contributed by atoms with van der Waals surface area (Å²) in [5.74, 6) is -0.121. The lowest BCUT2D eigenvalue weighted by Crippen LogP contribution is -2.51. The van der Waals surface area contributed by atoms with Gasteiger partial charge in [0, 0.05) is 37.7 Å². The number of benzene rings is 1. The number of anilines is 1. The second kappa shape index (κ2) is 13.5. The Morgan fingerprint density at radius 1 is 1.22 bits per heavy atom. The first-order chi connectivity index (χ1) is 16.9. The Morgan fingerprint density at radius 3 is 2.53 bits per heavy atom. The molecule has 1 aromatic carbocycles. The molecule has 0 aromatic heterocycles. The molecule has 3 N–H and O–H groups in total. The predicted octanol–water partition coefficient (Wildman–Crippen LogP) is 2.24. The molecular formula is C26H43N5O5. The number of likely N-dealkylation sites (N-methyl/N-ethyl adjacent to an activating group) is 1. The maximum Gasteiger partial charge on any atom is 0.317 e. The molecule has 4 amide bonds. The second-order valence-electron chi connectivity index (χ2n) is 10.3. The highest BCUT2D eigenvalue weighted by Crippen LogP contribution is 2.30. The molecule has 202 valence electrons. The van der Waals surface area contributed by atoms with Gasteiger partial charge in [-0.25, -0.2) is 4.79 Å². The van der Waals surface area contributed by atoms with Gasteiger partial charge in [-0.3, -0.25) is 9.59 Å². The maximum absolute atomic E-state index is 13.5. The molecule has 0 saturated carbocycles. The monoisotopic (exact) mass is 505 g/mol. The molecule has 1 aromatic rings. The molecule has 10 nitrogen and oxygen atoms in total. The van der Waals surface area contributed by atoms with Gasteiger partial charge < -0.3 is 35.2 Å². The van der Waals surface area contributed by atoms with Crippen molar-refractivity contribution < 1.29 is 24.2 Å². The van der Waals surface area contributed by atoms with E-state index in [1.54, 1.807) is 42.0 Å². The van der Waals surface area contributed by atoms with Gasteiger partial charge in [0.2, 0.25) is 5.91 Å². The highest BCUT2D eigenvalue weighted by atomic mass is 16.5. The lowest BCUT2D eigenvalue weighted by molar-refractivity contribution is -0.116. The summed E-state index contributed by atoms with van der Waals surface area (Å²) >= 11 is 0. The van der Waals surface area contributed by atoms with Crippen LogP contribution in [0.15, 0.2) is 18.2 Å². The van der Waals surface area contributed by atoms with Crippen LogP contribution in [0.5, 0.6) is 5.75 Å². The first-order valence-electron chi connectivity index (χ1n) is 12.6. The van der Waals surface area contributed by atoms with Gasteiger partial charge in [0.15, 0.2) is 0 Å². The van der Waals surface area contributed by atoms with Crippen LogP contribution >= 0.6 is 0 Å². The molecule has 0 aliphatic carbocycles. The minimum Gasteiger partial charge on any atom is -0.487 e. The standard InChI is InChI=1S/C26H43N5O5/c1-17(2)27-26(35)30(7)15-23-18(3)14-31(19(4)16-32)25(34)21-13-20(10-11-22(21)36-23)28-24(33)9-8-12-29(5)6/h10-11,13,17-19,23,32H,8-9,12,14-16H2,1-7H3,(H,27,35)(H,28,33)/t18-,19-,23+/m0/s1. The minimum atomic E-state index is -0.405. The number of carbonyl (C=O) groups excluding carboxylic acids is 3. The lowest BCUT2D eigenvalue weighted by atomic mass is 9.99. The summed E-state index contributed by atoms with van der Waals surface area (Å²) in [6.07, 6.45) is 0.711. The van der Waals surface area contributed by atoms with E-state index >= 15 is 0 Å². The number of amides is 4. The lowest BCUT2D eigenvalue weighted by Gasteiger charge is -2.38. The molecule has 1 heterocycles. The van der Waals surface area contributed by atoms with E-state index < -0.39 is 6.04 Å². The van der Waals surface area contributed by atoms with Crippen molar-refractivity contribution >= 4 is 23.5 Å². The summed E-state index contributed by atoms with van der Waals surface area (Å²) in [7, 11) is 5.63. The summed E-state index contributed by atoms with van der Waals surface area (Å²) < 4.78 is 6.31. The van der Waals surface area contributed by atoms with Gasteiger partial charge in [-0.1, -0.05) is 6.92 Å². The van der Waals surface area contributed by atoms with E-state index in [1.807, 2.05) is 39.8 Å². The quantitative estimate of drug-likeness (QED) is 0.449.